The number of para-hydroxylation sites is 2. The second-order valence-electron chi connectivity index (χ2n) is 7.56. The third-order valence-electron chi connectivity index (χ3n) is 5.19. The molecular formula is C25H24N2O2S2. The Morgan fingerprint density at radius 2 is 1.55 bits per heavy atom. The fourth-order valence-corrected chi connectivity index (χ4v) is 6.21. The normalized spacial score (nSPS) is 12.1. The summed E-state index contributed by atoms with van der Waals surface area (Å²) in [5, 5.41) is 0. The van der Waals surface area contributed by atoms with Gasteiger partial charge < -0.3 is 0 Å². The van der Waals surface area contributed by atoms with Gasteiger partial charge in [0, 0.05) is 4.90 Å². The maximum Gasteiger partial charge on any atom is 0.270 e. The number of aryl methyl sites for hydroxylation is 3. The molecule has 31 heavy (non-hydrogen) atoms. The summed E-state index contributed by atoms with van der Waals surface area (Å²) in [6.45, 7) is 5.66. The van der Waals surface area contributed by atoms with E-state index in [1.807, 2.05) is 87.7 Å². The molecule has 0 bridgehead atoms. The summed E-state index contributed by atoms with van der Waals surface area (Å²) in [5.74, 6) is 0.384. The highest BCUT2D eigenvalue weighted by Gasteiger charge is 2.26. The molecule has 0 spiro atoms. The largest absolute Gasteiger partial charge is 0.270 e. The van der Waals surface area contributed by atoms with Gasteiger partial charge in [-0.25, -0.2) is 17.4 Å². The fraction of sp³-hybridized carbons (Fsp3) is 0.160. The molecule has 0 radical (unpaired) electrons. The summed E-state index contributed by atoms with van der Waals surface area (Å²) < 4.78 is 29.1. The first kappa shape index (κ1) is 21.4. The van der Waals surface area contributed by atoms with E-state index in [0.29, 0.717) is 21.8 Å². The first-order valence-electron chi connectivity index (χ1n) is 9.94. The van der Waals surface area contributed by atoms with Crippen molar-refractivity contribution in [1.82, 2.24) is 8.96 Å². The van der Waals surface area contributed by atoms with Gasteiger partial charge >= 0.3 is 0 Å². The third kappa shape index (κ3) is 4.05. The molecule has 4 rings (SSSR count). The van der Waals surface area contributed by atoms with Gasteiger partial charge in [0.2, 0.25) is 0 Å². The van der Waals surface area contributed by atoms with Crippen molar-refractivity contribution in [2.75, 3.05) is 6.26 Å². The summed E-state index contributed by atoms with van der Waals surface area (Å²) in [6, 6.07) is 19.2. The molecule has 0 atom stereocenters. The van der Waals surface area contributed by atoms with E-state index in [1.54, 1.807) is 23.9 Å². The molecule has 6 heteroatoms. The predicted octanol–water partition coefficient (Wildman–Crippen LogP) is 6.09. The minimum Gasteiger partial charge on any atom is -0.228 e. The summed E-state index contributed by atoms with van der Waals surface area (Å²) in [6.07, 6.45) is 5.70. The lowest BCUT2D eigenvalue weighted by Gasteiger charge is -2.14. The topological polar surface area (TPSA) is 52.0 Å². The van der Waals surface area contributed by atoms with E-state index in [1.165, 1.54) is 8.87 Å². The van der Waals surface area contributed by atoms with Crippen LogP contribution in [0.5, 0.6) is 0 Å². The molecule has 0 N–H and O–H groups in total. The number of hydrogen-bond acceptors (Lipinski definition) is 4. The third-order valence-corrected chi connectivity index (χ3v) is 7.96. The number of thioether (sulfide) groups is 1. The van der Waals surface area contributed by atoms with Crippen molar-refractivity contribution < 1.29 is 8.42 Å². The predicted molar refractivity (Wildman–Crippen MR) is 130 cm³/mol. The molecule has 0 aliphatic carbocycles. The van der Waals surface area contributed by atoms with Crippen molar-refractivity contribution in [3.05, 3.63) is 88.7 Å². The molecule has 0 amide bonds. The number of hydrogen-bond donors (Lipinski definition) is 0. The highest BCUT2D eigenvalue weighted by Crippen LogP contribution is 2.29. The Balaban J connectivity index is 1.90. The zero-order chi connectivity index (χ0) is 22.2. The van der Waals surface area contributed by atoms with Gasteiger partial charge in [-0.3, -0.25) is 0 Å². The van der Waals surface area contributed by atoms with Crippen molar-refractivity contribution >= 4 is 45.0 Å². The standard InChI is InChI=1S/C25H24N2O2S2/c1-17-15-18(2)25(19(3)16-17)31(28,29)27-23-8-6-5-7-22(23)26-24(27)14-11-20-9-12-21(30-4)13-10-20/h5-16H,1-4H3. The first-order valence-corrected chi connectivity index (χ1v) is 12.6. The van der Waals surface area contributed by atoms with Crippen LogP contribution in [-0.2, 0) is 10.0 Å². The van der Waals surface area contributed by atoms with Crippen LogP contribution in [0.2, 0.25) is 0 Å². The molecule has 0 unspecified atom stereocenters. The lowest BCUT2D eigenvalue weighted by Crippen LogP contribution is -2.17. The van der Waals surface area contributed by atoms with Crippen LogP contribution < -0.4 is 0 Å². The van der Waals surface area contributed by atoms with Crippen LogP contribution in [0.1, 0.15) is 28.1 Å². The van der Waals surface area contributed by atoms with Crippen molar-refractivity contribution in [3.8, 4) is 0 Å². The van der Waals surface area contributed by atoms with Gasteiger partial charge in [0.1, 0.15) is 5.82 Å². The van der Waals surface area contributed by atoms with Crippen LogP contribution in [0.4, 0.5) is 0 Å². The van der Waals surface area contributed by atoms with Gasteiger partial charge in [0.15, 0.2) is 0 Å². The van der Waals surface area contributed by atoms with Gasteiger partial charge in [-0.05, 0) is 74.1 Å². The maximum absolute atomic E-state index is 13.9. The number of aromatic nitrogens is 2. The van der Waals surface area contributed by atoms with E-state index < -0.39 is 10.0 Å². The van der Waals surface area contributed by atoms with E-state index >= 15 is 0 Å². The zero-order valence-corrected chi connectivity index (χ0v) is 19.6. The summed E-state index contributed by atoms with van der Waals surface area (Å²) in [7, 11) is -3.85. The molecule has 0 aliphatic heterocycles. The molecule has 0 saturated carbocycles. The summed E-state index contributed by atoms with van der Waals surface area (Å²) in [5.41, 5.74) is 4.70. The summed E-state index contributed by atoms with van der Waals surface area (Å²) in [4.78, 5) is 6.13. The van der Waals surface area contributed by atoms with Gasteiger partial charge in [-0.1, -0.05) is 48.0 Å². The lowest BCUT2D eigenvalue weighted by atomic mass is 10.1. The smallest absolute Gasteiger partial charge is 0.228 e. The van der Waals surface area contributed by atoms with Gasteiger partial charge in [0.05, 0.1) is 15.9 Å². The Morgan fingerprint density at radius 1 is 0.903 bits per heavy atom. The van der Waals surface area contributed by atoms with E-state index in [2.05, 4.69) is 4.98 Å². The zero-order valence-electron chi connectivity index (χ0n) is 18.0. The van der Waals surface area contributed by atoms with Crippen LogP contribution >= 0.6 is 11.8 Å². The van der Waals surface area contributed by atoms with Crippen molar-refractivity contribution in [2.45, 2.75) is 30.6 Å². The highest BCUT2D eigenvalue weighted by molar-refractivity contribution is 7.98. The van der Waals surface area contributed by atoms with Crippen LogP contribution in [0, 0.1) is 20.8 Å². The van der Waals surface area contributed by atoms with E-state index in [0.717, 1.165) is 22.3 Å². The number of rotatable bonds is 5. The average Bonchev–Trinajstić information content (AvgIpc) is 3.11. The molecule has 0 fully saturated rings. The Morgan fingerprint density at radius 3 is 2.19 bits per heavy atom. The van der Waals surface area contributed by atoms with Crippen LogP contribution in [-0.4, -0.2) is 23.6 Å². The maximum atomic E-state index is 13.9. The van der Waals surface area contributed by atoms with E-state index in [-0.39, 0.29) is 0 Å². The Bertz CT molecular complexity index is 1380. The Hall–Kier alpha value is -2.83. The second-order valence-corrected chi connectivity index (χ2v) is 10.2. The number of imidazole rings is 1. The Kier molecular flexibility index (Phi) is 5.77. The molecule has 4 nitrogen and oxygen atoms in total. The van der Waals surface area contributed by atoms with Crippen molar-refractivity contribution in [2.24, 2.45) is 0 Å². The monoisotopic (exact) mass is 448 g/mol. The highest BCUT2D eigenvalue weighted by atomic mass is 32.2. The van der Waals surface area contributed by atoms with Gasteiger partial charge in [-0.15, -0.1) is 11.8 Å². The number of benzene rings is 3. The second kappa shape index (κ2) is 8.36. The van der Waals surface area contributed by atoms with Gasteiger partial charge in [0.25, 0.3) is 10.0 Å². The molecule has 1 aromatic heterocycles. The quantitative estimate of drug-likeness (QED) is 0.347. The average molecular weight is 449 g/mol. The van der Waals surface area contributed by atoms with Crippen molar-refractivity contribution in [3.63, 3.8) is 0 Å². The van der Waals surface area contributed by atoms with Crippen LogP contribution in [0.15, 0.2) is 70.5 Å². The van der Waals surface area contributed by atoms with E-state index in [4.69, 9.17) is 0 Å². The SMILES string of the molecule is CSc1ccc(C=Cc2nc3ccccc3n2S(=O)(=O)c2c(C)cc(C)cc2C)cc1. The van der Waals surface area contributed by atoms with E-state index in [9.17, 15) is 8.42 Å². The molecular weight excluding hydrogens is 424 g/mol. The first-order chi connectivity index (χ1) is 14.8. The molecule has 158 valence electrons. The molecule has 1 heterocycles. The molecule has 3 aromatic carbocycles. The summed E-state index contributed by atoms with van der Waals surface area (Å²) >= 11 is 1.68. The molecule has 0 saturated heterocycles. The molecule has 4 aromatic rings. The lowest BCUT2D eigenvalue weighted by molar-refractivity contribution is 0.587. The van der Waals surface area contributed by atoms with Crippen LogP contribution in [0.3, 0.4) is 0 Å². The van der Waals surface area contributed by atoms with Crippen LogP contribution in [0.25, 0.3) is 23.2 Å². The van der Waals surface area contributed by atoms with Crippen molar-refractivity contribution in [1.29, 1.82) is 0 Å². The number of fused-ring (bicyclic) bond motifs is 1. The van der Waals surface area contributed by atoms with Gasteiger partial charge in [-0.2, -0.15) is 0 Å². The number of nitrogens with zero attached hydrogens (tertiary/aromatic N) is 2. The minimum absolute atomic E-state index is 0.334. The minimum atomic E-state index is -3.85. The Labute approximate surface area is 187 Å². The molecule has 0 aliphatic rings. The fourth-order valence-electron chi connectivity index (χ4n) is 3.93.